The zero-order chi connectivity index (χ0) is 18.8. The van der Waals surface area contributed by atoms with Gasteiger partial charge in [-0.05, 0) is 37.5 Å². The average Bonchev–Trinajstić information content (AvgIpc) is 3.37. The Balaban J connectivity index is 1.71. The first-order valence-electron chi connectivity index (χ1n) is 9.11. The van der Waals surface area contributed by atoms with Gasteiger partial charge in [0, 0.05) is 32.5 Å². The van der Waals surface area contributed by atoms with Crippen LogP contribution in [0.4, 0.5) is 10.9 Å². The highest BCUT2D eigenvalue weighted by atomic mass is 32.1. The third-order valence-corrected chi connectivity index (χ3v) is 5.89. The molecule has 3 aromatic rings. The Morgan fingerprint density at radius 3 is 2.81 bits per heavy atom. The van der Waals surface area contributed by atoms with Gasteiger partial charge in [-0.1, -0.05) is 6.07 Å². The highest BCUT2D eigenvalue weighted by molar-refractivity contribution is 7.23. The molecule has 0 bridgehead atoms. The number of carbonyl (C=O) groups excluding carboxylic acids is 1. The summed E-state index contributed by atoms with van der Waals surface area (Å²) in [5.74, 6) is 0.448. The molecule has 0 saturated carbocycles. The summed E-state index contributed by atoms with van der Waals surface area (Å²) in [6.45, 7) is 3.62. The fraction of sp³-hybridized carbons (Fsp3) is 0.368. The van der Waals surface area contributed by atoms with E-state index in [1.54, 1.807) is 6.20 Å². The summed E-state index contributed by atoms with van der Waals surface area (Å²) in [5.41, 5.74) is 2.30. The van der Waals surface area contributed by atoms with Gasteiger partial charge in [0.25, 0.3) is 5.91 Å². The van der Waals surface area contributed by atoms with Gasteiger partial charge in [-0.25, -0.2) is 9.97 Å². The number of hydrogen-bond acceptors (Lipinski definition) is 7. The lowest BCUT2D eigenvalue weighted by atomic mass is 10.1. The van der Waals surface area contributed by atoms with Crippen molar-refractivity contribution in [2.45, 2.75) is 25.8 Å². The standard InChI is InChI=1S/C19H22N6OS/c1-12(13-6-5-7-21-11-13)22-19-23-14-10-15(20-2)27-17(14)16(24-19)18(26)25-8-3-4-9-25/h5-7,10-12,20H,3-4,8-9H2,1-2H3,(H,22,23,24). The fourth-order valence-corrected chi connectivity index (χ4v) is 4.17. The van der Waals surface area contributed by atoms with Crippen molar-refractivity contribution >= 4 is 38.4 Å². The van der Waals surface area contributed by atoms with Gasteiger partial charge in [0.1, 0.15) is 0 Å². The van der Waals surface area contributed by atoms with Gasteiger partial charge in [-0.15, -0.1) is 11.3 Å². The number of pyridine rings is 1. The largest absolute Gasteiger partial charge is 0.380 e. The summed E-state index contributed by atoms with van der Waals surface area (Å²) in [6.07, 6.45) is 5.66. The van der Waals surface area contributed by atoms with E-state index in [9.17, 15) is 4.79 Å². The van der Waals surface area contributed by atoms with Crippen LogP contribution in [0.25, 0.3) is 10.2 Å². The van der Waals surface area contributed by atoms with Gasteiger partial charge in [0.2, 0.25) is 5.95 Å². The molecule has 2 N–H and O–H groups in total. The predicted octanol–water partition coefficient (Wildman–Crippen LogP) is 3.54. The van der Waals surface area contributed by atoms with E-state index in [1.807, 2.05) is 43.3 Å². The van der Waals surface area contributed by atoms with Crippen molar-refractivity contribution in [2.75, 3.05) is 30.8 Å². The van der Waals surface area contributed by atoms with Gasteiger partial charge >= 0.3 is 0 Å². The number of nitrogens with zero attached hydrogens (tertiary/aromatic N) is 4. The summed E-state index contributed by atoms with van der Waals surface area (Å²) in [4.78, 5) is 28.3. The topological polar surface area (TPSA) is 83.0 Å². The number of nitrogens with one attached hydrogen (secondary N) is 2. The first-order chi connectivity index (χ1) is 13.2. The van der Waals surface area contributed by atoms with Crippen LogP contribution in [0, 0.1) is 0 Å². The van der Waals surface area contributed by atoms with E-state index < -0.39 is 0 Å². The number of anilines is 2. The lowest BCUT2D eigenvalue weighted by Gasteiger charge is -2.17. The number of amides is 1. The molecule has 0 spiro atoms. The van der Waals surface area contributed by atoms with E-state index >= 15 is 0 Å². The van der Waals surface area contributed by atoms with Crippen molar-refractivity contribution in [1.29, 1.82) is 0 Å². The Hall–Kier alpha value is -2.74. The number of likely N-dealkylation sites (tertiary alicyclic amines) is 1. The van der Waals surface area contributed by atoms with Crippen LogP contribution in [0.5, 0.6) is 0 Å². The van der Waals surface area contributed by atoms with Crippen LogP contribution in [0.15, 0.2) is 30.6 Å². The first-order valence-corrected chi connectivity index (χ1v) is 9.92. The number of rotatable bonds is 5. The minimum Gasteiger partial charge on any atom is -0.380 e. The highest BCUT2D eigenvalue weighted by Gasteiger charge is 2.25. The predicted molar refractivity (Wildman–Crippen MR) is 108 cm³/mol. The highest BCUT2D eigenvalue weighted by Crippen LogP contribution is 2.32. The van der Waals surface area contributed by atoms with Gasteiger partial charge in [0.05, 0.1) is 21.3 Å². The molecule has 8 heteroatoms. The monoisotopic (exact) mass is 382 g/mol. The molecule has 1 aliphatic heterocycles. The summed E-state index contributed by atoms with van der Waals surface area (Å²) >= 11 is 1.51. The Labute approximate surface area is 161 Å². The molecule has 140 valence electrons. The average molecular weight is 382 g/mol. The molecular weight excluding hydrogens is 360 g/mol. The number of hydrogen-bond donors (Lipinski definition) is 2. The Morgan fingerprint density at radius 1 is 1.30 bits per heavy atom. The summed E-state index contributed by atoms with van der Waals surface area (Å²) < 4.78 is 0.829. The smallest absolute Gasteiger partial charge is 0.274 e. The molecule has 0 aromatic carbocycles. The van der Waals surface area contributed by atoms with E-state index in [-0.39, 0.29) is 11.9 Å². The van der Waals surface area contributed by atoms with Crippen molar-refractivity contribution in [1.82, 2.24) is 19.9 Å². The van der Waals surface area contributed by atoms with Crippen LogP contribution in [0.1, 0.15) is 41.9 Å². The van der Waals surface area contributed by atoms with Gasteiger partial charge in [-0.3, -0.25) is 9.78 Å². The normalized spacial score (nSPS) is 15.1. The third-order valence-electron chi connectivity index (χ3n) is 4.74. The molecule has 27 heavy (non-hydrogen) atoms. The van der Waals surface area contributed by atoms with Gasteiger partial charge < -0.3 is 15.5 Å². The molecule has 1 amide bonds. The van der Waals surface area contributed by atoms with Crippen LogP contribution in [0.2, 0.25) is 0 Å². The summed E-state index contributed by atoms with van der Waals surface area (Å²) in [6, 6.07) is 5.84. The van der Waals surface area contributed by atoms with Crippen LogP contribution in [-0.2, 0) is 0 Å². The van der Waals surface area contributed by atoms with E-state index in [0.717, 1.165) is 46.7 Å². The maximum Gasteiger partial charge on any atom is 0.274 e. The zero-order valence-corrected chi connectivity index (χ0v) is 16.2. The van der Waals surface area contributed by atoms with Crippen molar-refractivity contribution in [2.24, 2.45) is 0 Å². The number of fused-ring (bicyclic) bond motifs is 1. The summed E-state index contributed by atoms with van der Waals surface area (Å²) in [5, 5.41) is 7.42. The fourth-order valence-electron chi connectivity index (χ4n) is 3.24. The lowest BCUT2D eigenvalue weighted by molar-refractivity contribution is 0.0789. The van der Waals surface area contributed by atoms with Crippen LogP contribution < -0.4 is 10.6 Å². The van der Waals surface area contributed by atoms with Crippen LogP contribution >= 0.6 is 11.3 Å². The maximum absolute atomic E-state index is 13.1. The number of thiophene rings is 1. The van der Waals surface area contributed by atoms with Crippen LogP contribution in [-0.4, -0.2) is 45.9 Å². The molecule has 4 heterocycles. The Kier molecular flexibility index (Phi) is 4.89. The van der Waals surface area contributed by atoms with E-state index in [0.29, 0.717) is 11.6 Å². The van der Waals surface area contributed by atoms with E-state index in [2.05, 4.69) is 25.6 Å². The first kappa shape index (κ1) is 17.7. The quantitative estimate of drug-likeness (QED) is 0.702. The van der Waals surface area contributed by atoms with Gasteiger partial charge in [-0.2, -0.15) is 0 Å². The second kappa shape index (κ2) is 7.48. The second-order valence-electron chi connectivity index (χ2n) is 6.62. The second-order valence-corrected chi connectivity index (χ2v) is 7.67. The zero-order valence-electron chi connectivity index (χ0n) is 15.4. The van der Waals surface area contributed by atoms with Crippen LogP contribution in [0.3, 0.4) is 0 Å². The maximum atomic E-state index is 13.1. The minimum absolute atomic E-state index is 0.0125. The lowest BCUT2D eigenvalue weighted by Crippen LogP contribution is -2.28. The molecule has 0 radical (unpaired) electrons. The molecular formula is C19H22N6OS. The SMILES string of the molecule is CNc1cc2nc(NC(C)c3cccnc3)nc(C(=O)N3CCCC3)c2s1. The minimum atomic E-state index is -0.0201. The van der Waals surface area contributed by atoms with Crippen molar-refractivity contribution in [3.63, 3.8) is 0 Å². The Bertz CT molecular complexity index is 951. The molecule has 1 unspecified atom stereocenters. The molecule has 1 saturated heterocycles. The van der Waals surface area contributed by atoms with Crippen molar-refractivity contribution < 1.29 is 4.79 Å². The van der Waals surface area contributed by atoms with Gasteiger partial charge in [0.15, 0.2) is 5.69 Å². The number of aromatic nitrogens is 3. The van der Waals surface area contributed by atoms with E-state index in [1.165, 1.54) is 11.3 Å². The molecule has 1 fully saturated rings. The molecule has 7 nitrogen and oxygen atoms in total. The molecule has 4 rings (SSSR count). The Morgan fingerprint density at radius 2 is 2.11 bits per heavy atom. The van der Waals surface area contributed by atoms with Crippen molar-refractivity contribution in [3.8, 4) is 0 Å². The van der Waals surface area contributed by atoms with E-state index in [4.69, 9.17) is 0 Å². The summed E-state index contributed by atoms with van der Waals surface area (Å²) in [7, 11) is 1.86. The molecule has 1 aliphatic rings. The number of carbonyl (C=O) groups is 1. The molecule has 1 atom stereocenters. The molecule has 0 aliphatic carbocycles. The molecule has 3 aromatic heterocycles. The third kappa shape index (κ3) is 3.57. The van der Waals surface area contributed by atoms with Crippen molar-refractivity contribution in [3.05, 3.63) is 41.9 Å².